The fourth-order valence-corrected chi connectivity index (χ4v) is 3.38. The van der Waals surface area contributed by atoms with Crippen molar-refractivity contribution in [3.8, 4) is 0 Å². The smallest absolute Gasteiger partial charge is 0.00469 e. The highest BCUT2D eigenvalue weighted by molar-refractivity contribution is 5.29. The Kier molecular flexibility index (Phi) is 4.48. The van der Waals surface area contributed by atoms with Gasteiger partial charge in [-0.1, -0.05) is 69.4 Å². The van der Waals surface area contributed by atoms with E-state index in [0.29, 0.717) is 5.41 Å². The van der Waals surface area contributed by atoms with Crippen LogP contribution >= 0.6 is 0 Å². The van der Waals surface area contributed by atoms with Crippen molar-refractivity contribution in [2.24, 2.45) is 5.92 Å². The molecular weight excluding hydrogens is 216 g/mol. The molecule has 1 aromatic carbocycles. The van der Waals surface area contributed by atoms with Gasteiger partial charge in [-0.2, -0.15) is 0 Å². The molecule has 0 radical (unpaired) electrons. The zero-order chi connectivity index (χ0) is 13.0. The van der Waals surface area contributed by atoms with Gasteiger partial charge >= 0.3 is 0 Å². The second kappa shape index (κ2) is 5.91. The highest BCUT2D eigenvalue weighted by Crippen LogP contribution is 2.43. The number of aryl methyl sites for hydroxylation is 1. The summed E-state index contributed by atoms with van der Waals surface area (Å²) in [5.41, 5.74) is 3.48. The SMILES string of the molecule is Cc1ccc(C2(CCC(C)C)CCCCC2)cc1. The molecule has 0 amide bonds. The molecule has 0 spiro atoms. The Hall–Kier alpha value is -0.780. The first kappa shape index (κ1) is 13.6. The molecule has 0 atom stereocenters. The van der Waals surface area contributed by atoms with Crippen molar-refractivity contribution in [3.63, 3.8) is 0 Å². The van der Waals surface area contributed by atoms with Crippen LogP contribution in [0.1, 0.15) is 69.9 Å². The molecule has 1 aromatic rings. The fraction of sp³-hybridized carbons (Fsp3) is 0.667. The third-order valence-corrected chi connectivity index (χ3v) is 4.67. The lowest BCUT2D eigenvalue weighted by atomic mass is 9.66. The Labute approximate surface area is 113 Å². The van der Waals surface area contributed by atoms with Crippen LogP contribution in [-0.2, 0) is 5.41 Å². The minimum Gasteiger partial charge on any atom is -0.0628 e. The van der Waals surface area contributed by atoms with Crippen molar-refractivity contribution < 1.29 is 0 Å². The molecule has 1 fully saturated rings. The van der Waals surface area contributed by atoms with E-state index in [1.54, 1.807) is 5.56 Å². The maximum absolute atomic E-state index is 2.39. The van der Waals surface area contributed by atoms with Crippen LogP contribution in [0.25, 0.3) is 0 Å². The summed E-state index contributed by atoms with van der Waals surface area (Å²) in [7, 11) is 0. The van der Waals surface area contributed by atoms with Gasteiger partial charge in [-0.15, -0.1) is 0 Å². The van der Waals surface area contributed by atoms with Crippen molar-refractivity contribution in [3.05, 3.63) is 35.4 Å². The average Bonchev–Trinajstić information content (AvgIpc) is 2.38. The normalized spacial score (nSPS) is 19.1. The first-order valence-corrected chi connectivity index (χ1v) is 7.69. The maximum atomic E-state index is 2.39. The zero-order valence-electron chi connectivity index (χ0n) is 12.3. The van der Waals surface area contributed by atoms with Crippen LogP contribution in [0.5, 0.6) is 0 Å². The van der Waals surface area contributed by atoms with E-state index in [-0.39, 0.29) is 0 Å². The molecule has 1 saturated carbocycles. The van der Waals surface area contributed by atoms with E-state index in [1.165, 1.54) is 50.5 Å². The highest BCUT2D eigenvalue weighted by Gasteiger charge is 2.33. The largest absolute Gasteiger partial charge is 0.0628 e. The Bertz CT molecular complexity index is 352. The van der Waals surface area contributed by atoms with Crippen molar-refractivity contribution in [2.75, 3.05) is 0 Å². The first-order valence-electron chi connectivity index (χ1n) is 7.69. The Morgan fingerprint density at radius 3 is 2.17 bits per heavy atom. The minimum atomic E-state index is 0.496. The molecule has 0 aromatic heterocycles. The molecule has 18 heavy (non-hydrogen) atoms. The lowest BCUT2D eigenvalue weighted by Crippen LogP contribution is -2.29. The lowest BCUT2D eigenvalue weighted by molar-refractivity contribution is 0.257. The van der Waals surface area contributed by atoms with Gasteiger partial charge in [0.2, 0.25) is 0 Å². The van der Waals surface area contributed by atoms with Gasteiger partial charge in [0.05, 0.1) is 0 Å². The number of hydrogen-bond acceptors (Lipinski definition) is 0. The Morgan fingerprint density at radius 1 is 1.00 bits per heavy atom. The molecule has 0 saturated heterocycles. The summed E-state index contributed by atoms with van der Waals surface area (Å²) in [6, 6.07) is 9.37. The van der Waals surface area contributed by atoms with Crippen molar-refractivity contribution >= 4 is 0 Å². The zero-order valence-corrected chi connectivity index (χ0v) is 12.3. The highest BCUT2D eigenvalue weighted by atomic mass is 14.4. The molecule has 0 nitrogen and oxygen atoms in total. The second-order valence-electron chi connectivity index (χ2n) is 6.64. The topological polar surface area (TPSA) is 0 Å². The standard InChI is InChI=1S/C18H28/c1-15(2)11-14-18(12-5-4-6-13-18)17-9-7-16(3)8-10-17/h7-10,15H,4-6,11-14H2,1-3H3. The maximum Gasteiger partial charge on any atom is -0.00469 e. The molecule has 0 N–H and O–H groups in total. The van der Waals surface area contributed by atoms with E-state index in [0.717, 1.165) is 5.92 Å². The van der Waals surface area contributed by atoms with Gasteiger partial charge < -0.3 is 0 Å². The van der Waals surface area contributed by atoms with E-state index in [4.69, 9.17) is 0 Å². The van der Waals surface area contributed by atoms with E-state index in [2.05, 4.69) is 45.0 Å². The molecule has 0 bridgehead atoms. The van der Waals surface area contributed by atoms with Crippen LogP contribution in [0.3, 0.4) is 0 Å². The quantitative estimate of drug-likeness (QED) is 0.643. The van der Waals surface area contributed by atoms with Gasteiger partial charge in [0.15, 0.2) is 0 Å². The van der Waals surface area contributed by atoms with Crippen LogP contribution in [0.15, 0.2) is 24.3 Å². The number of hydrogen-bond donors (Lipinski definition) is 0. The van der Waals surface area contributed by atoms with E-state index < -0.39 is 0 Å². The average molecular weight is 244 g/mol. The van der Waals surface area contributed by atoms with Crippen molar-refractivity contribution in [2.45, 2.75) is 71.1 Å². The minimum absolute atomic E-state index is 0.496. The lowest BCUT2D eigenvalue weighted by Gasteiger charge is -2.38. The summed E-state index contributed by atoms with van der Waals surface area (Å²) in [6.07, 6.45) is 9.85. The predicted octanol–water partition coefficient (Wildman–Crippen LogP) is 5.63. The van der Waals surface area contributed by atoms with Crippen LogP contribution in [-0.4, -0.2) is 0 Å². The van der Waals surface area contributed by atoms with E-state index in [9.17, 15) is 0 Å². The predicted molar refractivity (Wildman–Crippen MR) is 80.0 cm³/mol. The summed E-state index contributed by atoms with van der Waals surface area (Å²) < 4.78 is 0. The monoisotopic (exact) mass is 244 g/mol. The fourth-order valence-electron chi connectivity index (χ4n) is 3.38. The van der Waals surface area contributed by atoms with Gasteiger partial charge in [-0.25, -0.2) is 0 Å². The van der Waals surface area contributed by atoms with Crippen LogP contribution in [0.2, 0.25) is 0 Å². The summed E-state index contributed by atoms with van der Waals surface area (Å²) in [6.45, 7) is 6.89. The molecule has 0 heterocycles. The summed E-state index contributed by atoms with van der Waals surface area (Å²) in [4.78, 5) is 0. The molecule has 1 aliphatic rings. The summed E-state index contributed by atoms with van der Waals surface area (Å²) >= 11 is 0. The van der Waals surface area contributed by atoms with Gasteiger partial charge in [-0.3, -0.25) is 0 Å². The van der Waals surface area contributed by atoms with Gasteiger partial charge in [0.1, 0.15) is 0 Å². The Balaban J connectivity index is 2.20. The molecule has 2 rings (SSSR count). The first-order chi connectivity index (χ1) is 8.62. The van der Waals surface area contributed by atoms with Gasteiger partial charge in [0.25, 0.3) is 0 Å². The van der Waals surface area contributed by atoms with Gasteiger partial charge in [-0.05, 0) is 43.1 Å². The number of benzene rings is 1. The Morgan fingerprint density at radius 2 is 1.61 bits per heavy atom. The molecule has 0 heteroatoms. The molecule has 0 aliphatic heterocycles. The summed E-state index contributed by atoms with van der Waals surface area (Å²) in [5.74, 6) is 0.828. The molecule has 100 valence electrons. The van der Waals surface area contributed by atoms with Crippen molar-refractivity contribution in [1.82, 2.24) is 0 Å². The second-order valence-corrected chi connectivity index (χ2v) is 6.64. The van der Waals surface area contributed by atoms with Crippen LogP contribution < -0.4 is 0 Å². The van der Waals surface area contributed by atoms with E-state index in [1.807, 2.05) is 0 Å². The third kappa shape index (κ3) is 3.16. The molecule has 0 unspecified atom stereocenters. The third-order valence-electron chi connectivity index (χ3n) is 4.67. The molecular formula is C18H28. The van der Waals surface area contributed by atoms with Crippen molar-refractivity contribution in [1.29, 1.82) is 0 Å². The van der Waals surface area contributed by atoms with Crippen LogP contribution in [0, 0.1) is 12.8 Å². The van der Waals surface area contributed by atoms with Gasteiger partial charge in [0, 0.05) is 0 Å². The molecule has 1 aliphatic carbocycles. The summed E-state index contributed by atoms with van der Waals surface area (Å²) in [5, 5.41) is 0. The van der Waals surface area contributed by atoms with Crippen LogP contribution in [0.4, 0.5) is 0 Å². The number of rotatable bonds is 4. The van der Waals surface area contributed by atoms with E-state index >= 15 is 0 Å².